The first-order chi connectivity index (χ1) is 8.31. The Morgan fingerprint density at radius 3 is 2.53 bits per heavy atom. The van der Waals surface area contributed by atoms with Gasteiger partial charge in [-0.2, -0.15) is 0 Å². The standard InChI is InChI=1S/C14H12ClNO/c15-11-7-8-16-14(9-11)10-1-3-12(4-2-10)17-13-5-6-13/h1-4,7-9,13H,5-6H2. The fourth-order valence-corrected chi connectivity index (χ4v) is 1.80. The molecular formula is C14H12ClNO. The van der Waals surface area contributed by atoms with E-state index in [0.717, 1.165) is 17.0 Å². The lowest BCUT2D eigenvalue weighted by Gasteiger charge is -2.05. The van der Waals surface area contributed by atoms with Crippen LogP contribution in [0.5, 0.6) is 5.75 Å². The molecule has 3 rings (SSSR count). The van der Waals surface area contributed by atoms with Crippen molar-refractivity contribution in [2.75, 3.05) is 0 Å². The highest BCUT2D eigenvalue weighted by atomic mass is 35.5. The van der Waals surface area contributed by atoms with E-state index in [1.54, 1.807) is 12.3 Å². The monoisotopic (exact) mass is 245 g/mol. The lowest BCUT2D eigenvalue weighted by Crippen LogP contribution is -1.95. The minimum Gasteiger partial charge on any atom is -0.490 e. The summed E-state index contributed by atoms with van der Waals surface area (Å²) in [7, 11) is 0. The van der Waals surface area contributed by atoms with Crippen LogP contribution in [-0.4, -0.2) is 11.1 Å². The van der Waals surface area contributed by atoms with Crippen LogP contribution in [0.25, 0.3) is 11.3 Å². The second-order valence-corrected chi connectivity index (χ2v) is 4.64. The van der Waals surface area contributed by atoms with Crippen molar-refractivity contribution in [3.8, 4) is 17.0 Å². The summed E-state index contributed by atoms with van der Waals surface area (Å²) in [5.74, 6) is 0.929. The van der Waals surface area contributed by atoms with E-state index in [9.17, 15) is 0 Å². The van der Waals surface area contributed by atoms with Crippen LogP contribution in [0.3, 0.4) is 0 Å². The van der Waals surface area contributed by atoms with E-state index in [-0.39, 0.29) is 0 Å². The molecule has 86 valence electrons. The normalized spacial score (nSPS) is 14.6. The Morgan fingerprint density at radius 1 is 1.12 bits per heavy atom. The molecule has 1 aliphatic rings. The predicted molar refractivity (Wildman–Crippen MR) is 68.3 cm³/mol. The van der Waals surface area contributed by atoms with Gasteiger partial charge in [-0.3, -0.25) is 4.98 Å². The molecule has 0 unspecified atom stereocenters. The molecule has 2 nitrogen and oxygen atoms in total. The molecule has 0 N–H and O–H groups in total. The number of halogens is 1. The molecule has 0 radical (unpaired) electrons. The lowest BCUT2D eigenvalue weighted by molar-refractivity contribution is 0.303. The van der Waals surface area contributed by atoms with E-state index >= 15 is 0 Å². The van der Waals surface area contributed by atoms with Gasteiger partial charge >= 0.3 is 0 Å². The van der Waals surface area contributed by atoms with Crippen molar-refractivity contribution in [2.24, 2.45) is 0 Å². The number of hydrogen-bond acceptors (Lipinski definition) is 2. The molecule has 1 saturated carbocycles. The second kappa shape index (κ2) is 4.38. The fraction of sp³-hybridized carbons (Fsp3) is 0.214. The third-order valence-electron chi connectivity index (χ3n) is 2.70. The zero-order valence-corrected chi connectivity index (χ0v) is 10.0. The molecule has 1 heterocycles. The van der Waals surface area contributed by atoms with E-state index in [4.69, 9.17) is 16.3 Å². The van der Waals surface area contributed by atoms with Gasteiger partial charge in [-0.15, -0.1) is 0 Å². The van der Waals surface area contributed by atoms with Gasteiger partial charge in [0.15, 0.2) is 0 Å². The molecule has 3 heteroatoms. The van der Waals surface area contributed by atoms with Crippen molar-refractivity contribution in [3.63, 3.8) is 0 Å². The maximum atomic E-state index is 5.94. The van der Waals surface area contributed by atoms with Crippen LogP contribution >= 0.6 is 11.6 Å². The van der Waals surface area contributed by atoms with Crippen molar-refractivity contribution in [2.45, 2.75) is 18.9 Å². The summed E-state index contributed by atoms with van der Waals surface area (Å²) in [6, 6.07) is 11.6. The Labute approximate surface area is 105 Å². The second-order valence-electron chi connectivity index (χ2n) is 4.20. The Hall–Kier alpha value is -1.54. The number of aromatic nitrogens is 1. The molecule has 2 aromatic rings. The van der Waals surface area contributed by atoms with Crippen LogP contribution < -0.4 is 4.74 Å². The summed E-state index contributed by atoms with van der Waals surface area (Å²) >= 11 is 5.94. The third-order valence-corrected chi connectivity index (χ3v) is 2.93. The quantitative estimate of drug-likeness (QED) is 0.817. The Kier molecular flexibility index (Phi) is 2.73. The number of ether oxygens (including phenoxy) is 1. The predicted octanol–water partition coefficient (Wildman–Crippen LogP) is 3.94. The average molecular weight is 246 g/mol. The van der Waals surface area contributed by atoms with Gasteiger partial charge in [-0.25, -0.2) is 0 Å². The fourth-order valence-electron chi connectivity index (χ4n) is 1.65. The number of rotatable bonds is 3. The molecule has 17 heavy (non-hydrogen) atoms. The van der Waals surface area contributed by atoms with Gasteiger partial charge in [-0.05, 0) is 49.2 Å². The van der Waals surface area contributed by atoms with E-state index in [0.29, 0.717) is 11.1 Å². The van der Waals surface area contributed by atoms with Crippen LogP contribution in [0.15, 0.2) is 42.6 Å². The maximum absolute atomic E-state index is 5.94. The van der Waals surface area contributed by atoms with Crippen LogP contribution in [0.2, 0.25) is 5.02 Å². The molecule has 1 aliphatic carbocycles. The van der Waals surface area contributed by atoms with E-state index in [2.05, 4.69) is 4.98 Å². The lowest BCUT2D eigenvalue weighted by atomic mass is 10.1. The van der Waals surface area contributed by atoms with Gasteiger partial charge in [0.1, 0.15) is 5.75 Å². The third kappa shape index (κ3) is 2.59. The molecule has 0 bridgehead atoms. The number of hydrogen-bond donors (Lipinski definition) is 0. The molecule has 0 amide bonds. The zero-order valence-electron chi connectivity index (χ0n) is 9.27. The van der Waals surface area contributed by atoms with Crippen molar-refractivity contribution in [1.29, 1.82) is 0 Å². The molecule has 1 aromatic carbocycles. The van der Waals surface area contributed by atoms with Crippen molar-refractivity contribution >= 4 is 11.6 Å². The first-order valence-electron chi connectivity index (χ1n) is 5.70. The summed E-state index contributed by atoms with van der Waals surface area (Å²) in [5.41, 5.74) is 1.94. The highest BCUT2D eigenvalue weighted by Gasteiger charge is 2.23. The summed E-state index contributed by atoms with van der Waals surface area (Å²) < 4.78 is 5.69. The topological polar surface area (TPSA) is 22.1 Å². The highest BCUT2D eigenvalue weighted by molar-refractivity contribution is 6.30. The van der Waals surface area contributed by atoms with Gasteiger partial charge in [-0.1, -0.05) is 11.6 Å². The molecule has 1 fully saturated rings. The number of benzene rings is 1. The van der Waals surface area contributed by atoms with Gasteiger partial charge < -0.3 is 4.74 Å². The Morgan fingerprint density at radius 2 is 1.88 bits per heavy atom. The SMILES string of the molecule is Clc1ccnc(-c2ccc(OC3CC3)cc2)c1. The number of pyridine rings is 1. The van der Waals surface area contributed by atoms with E-state index in [1.807, 2.05) is 30.3 Å². The summed E-state index contributed by atoms with van der Waals surface area (Å²) in [6.45, 7) is 0. The van der Waals surface area contributed by atoms with Crippen molar-refractivity contribution < 1.29 is 4.74 Å². The summed E-state index contributed by atoms with van der Waals surface area (Å²) in [6.07, 6.45) is 4.51. The van der Waals surface area contributed by atoms with Gasteiger partial charge in [0.25, 0.3) is 0 Å². The summed E-state index contributed by atoms with van der Waals surface area (Å²) in [5, 5.41) is 0.702. The molecule has 0 saturated heterocycles. The van der Waals surface area contributed by atoms with Crippen LogP contribution in [-0.2, 0) is 0 Å². The average Bonchev–Trinajstić information content (AvgIpc) is 3.14. The van der Waals surface area contributed by atoms with Crippen LogP contribution in [0, 0.1) is 0 Å². The summed E-state index contributed by atoms with van der Waals surface area (Å²) in [4.78, 5) is 4.29. The molecular weight excluding hydrogens is 234 g/mol. The molecule has 0 spiro atoms. The van der Waals surface area contributed by atoms with Crippen LogP contribution in [0.4, 0.5) is 0 Å². The first-order valence-corrected chi connectivity index (χ1v) is 6.08. The zero-order chi connectivity index (χ0) is 11.7. The molecule has 1 aromatic heterocycles. The Balaban J connectivity index is 1.83. The van der Waals surface area contributed by atoms with Gasteiger partial charge in [0.2, 0.25) is 0 Å². The van der Waals surface area contributed by atoms with E-state index in [1.165, 1.54) is 12.8 Å². The highest BCUT2D eigenvalue weighted by Crippen LogP contribution is 2.28. The van der Waals surface area contributed by atoms with Crippen molar-refractivity contribution in [1.82, 2.24) is 4.98 Å². The minimum atomic E-state index is 0.435. The largest absolute Gasteiger partial charge is 0.490 e. The van der Waals surface area contributed by atoms with Gasteiger partial charge in [0.05, 0.1) is 11.8 Å². The van der Waals surface area contributed by atoms with E-state index < -0.39 is 0 Å². The minimum absolute atomic E-state index is 0.435. The number of nitrogens with zero attached hydrogens (tertiary/aromatic N) is 1. The Bertz CT molecular complexity index is 520. The first kappa shape index (κ1) is 10.6. The van der Waals surface area contributed by atoms with Crippen molar-refractivity contribution in [3.05, 3.63) is 47.6 Å². The maximum Gasteiger partial charge on any atom is 0.119 e. The molecule has 0 atom stereocenters. The van der Waals surface area contributed by atoms with Gasteiger partial charge in [0, 0.05) is 16.8 Å². The smallest absolute Gasteiger partial charge is 0.119 e. The van der Waals surface area contributed by atoms with Crippen LogP contribution in [0.1, 0.15) is 12.8 Å². The molecule has 0 aliphatic heterocycles.